The Hall–Kier alpha value is -5.12. The molecule has 0 aliphatic carbocycles. The zero-order valence-corrected chi connectivity index (χ0v) is 25.3. The minimum Gasteiger partial charge on any atom is -0.497 e. The first-order valence-electron chi connectivity index (χ1n) is 14.6. The molecule has 0 saturated heterocycles. The van der Waals surface area contributed by atoms with Gasteiger partial charge in [0.2, 0.25) is 0 Å². The first-order chi connectivity index (χ1) is 21.2. The van der Waals surface area contributed by atoms with E-state index in [-0.39, 0.29) is 0 Å². The summed E-state index contributed by atoms with van der Waals surface area (Å²) >= 11 is 0. The summed E-state index contributed by atoms with van der Waals surface area (Å²) in [4.78, 5) is 0. The van der Waals surface area contributed by atoms with E-state index < -0.39 is 8.07 Å². The standard InChI is InChI=1S/C40H32O2Si/c1-41-31-23-19-29(20-24-31)35-15-9-17-39-37(35)27-28-38-36(30-21-25-32(42-2)26-22-30)16-10-18-40(38)43(39,33-11-5-3-6-12-33)34-13-7-4-8-14-34/h3-28H,1-2H3. The van der Waals surface area contributed by atoms with Crippen LogP contribution in [-0.4, -0.2) is 22.3 Å². The number of fused-ring (bicyclic) bond motifs is 2. The summed E-state index contributed by atoms with van der Waals surface area (Å²) < 4.78 is 11.0. The van der Waals surface area contributed by atoms with Gasteiger partial charge in [-0.3, -0.25) is 0 Å². The highest BCUT2D eigenvalue weighted by atomic mass is 28.3. The van der Waals surface area contributed by atoms with Crippen molar-refractivity contribution in [3.8, 4) is 33.8 Å². The molecule has 6 aromatic carbocycles. The zero-order valence-electron chi connectivity index (χ0n) is 24.3. The number of hydrogen-bond acceptors (Lipinski definition) is 2. The van der Waals surface area contributed by atoms with Gasteiger partial charge in [-0.2, -0.15) is 0 Å². The van der Waals surface area contributed by atoms with E-state index in [1.165, 1.54) is 54.1 Å². The van der Waals surface area contributed by atoms with Crippen molar-refractivity contribution in [3.63, 3.8) is 0 Å². The maximum Gasteiger partial charge on any atom is 0.180 e. The molecule has 0 atom stereocenters. The van der Waals surface area contributed by atoms with Gasteiger partial charge in [-0.05, 0) is 78.4 Å². The molecule has 1 heterocycles. The quantitative estimate of drug-likeness (QED) is 0.202. The van der Waals surface area contributed by atoms with Crippen molar-refractivity contribution in [1.82, 2.24) is 0 Å². The van der Waals surface area contributed by atoms with Gasteiger partial charge in [0.05, 0.1) is 14.2 Å². The van der Waals surface area contributed by atoms with Crippen LogP contribution in [0.25, 0.3) is 34.4 Å². The van der Waals surface area contributed by atoms with Crippen LogP contribution < -0.4 is 30.2 Å². The van der Waals surface area contributed by atoms with Crippen molar-refractivity contribution in [2.24, 2.45) is 0 Å². The molecule has 0 amide bonds. The maximum absolute atomic E-state index is 5.48. The van der Waals surface area contributed by atoms with Crippen LogP contribution in [0.2, 0.25) is 0 Å². The van der Waals surface area contributed by atoms with Crippen LogP contribution in [0.1, 0.15) is 11.1 Å². The molecule has 1 aliphatic heterocycles. The number of ether oxygens (including phenoxy) is 2. The van der Waals surface area contributed by atoms with Crippen LogP contribution in [0.4, 0.5) is 0 Å². The summed E-state index contributed by atoms with van der Waals surface area (Å²) in [5.74, 6) is 1.71. The predicted octanol–water partition coefficient (Wildman–Crippen LogP) is 6.90. The van der Waals surface area contributed by atoms with Gasteiger partial charge in [-0.1, -0.05) is 133 Å². The topological polar surface area (TPSA) is 18.5 Å². The molecule has 1 aliphatic rings. The van der Waals surface area contributed by atoms with E-state index in [4.69, 9.17) is 9.47 Å². The molecule has 7 rings (SSSR count). The van der Waals surface area contributed by atoms with Crippen LogP contribution in [0.3, 0.4) is 0 Å². The Morgan fingerprint density at radius 3 is 1.16 bits per heavy atom. The fourth-order valence-electron chi connectivity index (χ4n) is 6.66. The van der Waals surface area contributed by atoms with E-state index in [2.05, 4.69) is 133 Å². The number of benzene rings is 6. The number of rotatable bonds is 6. The minimum absolute atomic E-state index is 0.857. The van der Waals surface area contributed by atoms with E-state index >= 15 is 0 Å². The largest absolute Gasteiger partial charge is 0.497 e. The van der Waals surface area contributed by atoms with Gasteiger partial charge in [0.1, 0.15) is 11.5 Å². The molecule has 0 unspecified atom stereocenters. The highest BCUT2D eigenvalue weighted by Gasteiger charge is 2.45. The Labute approximate surface area is 254 Å². The van der Waals surface area contributed by atoms with Gasteiger partial charge in [0, 0.05) is 0 Å². The van der Waals surface area contributed by atoms with Crippen molar-refractivity contribution < 1.29 is 9.47 Å². The van der Waals surface area contributed by atoms with Gasteiger partial charge in [0.15, 0.2) is 8.07 Å². The third-order valence-corrected chi connectivity index (χ3v) is 13.5. The first-order valence-corrected chi connectivity index (χ1v) is 16.6. The second-order valence-electron chi connectivity index (χ2n) is 10.8. The van der Waals surface area contributed by atoms with E-state index in [1.54, 1.807) is 14.2 Å². The summed E-state index contributed by atoms with van der Waals surface area (Å²) in [7, 11) is 0.621. The summed E-state index contributed by atoms with van der Waals surface area (Å²) in [6.45, 7) is 0. The maximum atomic E-state index is 5.48. The fourth-order valence-corrected chi connectivity index (χ4v) is 11.9. The summed E-state index contributed by atoms with van der Waals surface area (Å²) in [6, 6.07) is 52.9. The Balaban J connectivity index is 1.60. The van der Waals surface area contributed by atoms with Crippen molar-refractivity contribution >= 4 is 41.0 Å². The van der Waals surface area contributed by atoms with E-state index in [0.717, 1.165) is 11.5 Å². The molecule has 0 aromatic heterocycles. The Morgan fingerprint density at radius 2 is 0.791 bits per heavy atom. The second kappa shape index (κ2) is 11.3. The number of methoxy groups -OCH3 is 2. The summed E-state index contributed by atoms with van der Waals surface area (Å²) in [5, 5.41) is 5.51. The van der Waals surface area contributed by atoms with Crippen LogP contribution in [-0.2, 0) is 0 Å². The lowest BCUT2D eigenvalue weighted by Crippen LogP contribution is -2.75. The SMILES string of the molecule is COc1ccc(-c2cccc3c2C=Cc2c(-c4ccc(OC)cc4)cccc2[Si]3(c2ccccc2)c2ccccc2)cc1. The van der Waals surface area contributed by atoms with E-state index in [0.29, 0.717) is 0 Å². The molecular formula is C40H32O2Si. The van der Waals surface area contributed by atoms with Gasteiger partial charge >= 0.3 is 0 Å². The normalized spacial score (nSPS) is 13.0. The number of hydrogen-bond donors (Lipinski definition) is 0. The molecule has 2 nitrogen and oxygen atoms in total. The van der Waals surface area contributed by atoms with Gasteiger partial charge in [0.25, 0.3) is 0 Å². The van der Waals surface area contributed by atoms with Crippen LogP contribution in [0, 0.1) is 0 Å². The third kappa shape index (κ3) is 4.50. The molecule has 0 fully saturated rings. The van der Waals surface area contributed by atoms with Crippen LogP contribution in [0.5, 0.6) is 11.5 Å². The van der Waals surface area contributed by atoms with Gasteiger partial charge < -0.3 is 9.47 Å². The third-order valence-electron chi connectivity index (χ3n) is 8.65. The highest BCUT2D eigenvalue weighted by molar-refractivity contribution is 7.20. The highest BCUT2D eigenvalue weighted by Crippen LogP contribution is 2.33. The van der Waals surface area contributed by atoms with Crippen LogP contribution in [0.15, 0.2) is 146 Å². The lowest BCUT2D eigenvalue weighted by atomic mass is 9.96. The molecule has 0 spiro atoms. The molecule has 0 saturated carbocycles. The molecule has 208 valence electrons. The molecule has 0 radical (unpaired) electrons. The lowest BCUT2D eigenvalue weighted by Gasteiger charge is -2.36. The lowest BCUT2D eigenvalue weighted by molar-refractivity contribution is 0.415. The Kier molecular flexibility index (Phi) is 7.02. The molecule has 0 N–H and O–H groups in total. The monoisotopic (exact) mass is 572 g/mol. The molecular weight excluding hydrogens is 541 g/mol. The zero-order chi connectivity index (χ0) is 29.2. The molecule has 6 aromatic rings. The van der Waals surface area contributed by atoms with Crippen molar-refractivity contribution in [3.05, 3.63) is 157 Å². The van der Waals surface area contributed by atoms with Crippen LogP contribution >= 0.6 is 0 Å². The minimum atomic E-state index is -2.80. The molecule has 3 heteroatoms. The van der Waals surface area contributed by atoms with Crippen molar-refractivity contribution in [2.75, 3.05) is 14.2 Å². The van der Waals surface area contributed by atoms with E-state index in [1.807, 2.05) is 24.3 Å². The Bertz CT molecular complexity index is 1770. The average molecular weight is 573 g/mol. The Morgan fingerprint density at radius 1 is 0.395 bits per heavy atom. The van der Waals surface area contributed by atoms with E-state index in [9.17, 15) is 0 Å². The van der Waals surface area contributed by atoms with Crippen molar-refractivity contribution in [1.29, 1.82) is 0 Å². The summed E-state index contributed by atoms with van der Waals surface area (Å²) in [5.41, 5.74) is 7.33. The van der Waals surface area contributed by atoms with Gasteiger partial charge in [-0.15, -0.1) is 0 Å². The average Bonchev–Trinajstić information content (AvgIpc) is 3.24. The smallest absolute Gasteiger partial charge is 0.180 e. The second-order valence-corrected chi connectivity index (χ2v) is 14.5. The first kappa shape index (κ1) is 26.8. The van der Waals surface area contributed by atoms with Gasteiger partial charge in [-0.25, -0.2) is 0 Å². The fraction of sp³-hybridized carbons (Fsp3) is 0.0500. The molecule has 0 bridgehead atoms. The summed E-state index contributed by atoms with van der Waals surface area (Å²) in [6.07, 6.45) is 4.70. The van der Waals surface area contributed by atoms with Crippen molar-refractivity contribution in [2.45, 2.75) is 0 Å². The molecule has 43 heavy (non-hydrogen) atoms. The predicted molar refractivity (Wildman–Crippen MR) is 183 cm³/mol.